The first-order chi connectivity index (χ1) is 14.4. The van der Waals surface area contributed by atoms with Crippen molar-refractivity contribution in [1.29, 1.82) is 0 Å². The van der Waals surface area contributed by atoms with Crippen LogP contribution in [-0.4, -0.2) is 65.7 Å². The molecule has 2 aromatic heterocycles. The molecule has 5 atom stereocenters. The van der Waals surface area contributed by atoms with Crippen molar-refractivity contribution in [3.8, 4) is 11.4 Å². The fourth-order valence-corrected chi connectivity index (χ4v) is 5.07. The van der Waals surface area contributed by atoms with Crippen LogP contribution in [0.25, 0.3) is 11.4 Å². The third kappa shape index (κ3) is 4.34. The molecule has 0 saturated carbocycles. The number of aliphatic hydroxyl groups is 3. The smallest absolute Gasteiger partial charge is 0.269 e. The maximum atomic E-state index is 13.2. The Labute approximate surface area is 188 Å². The van der Waals surface area contributed by atoms with Gasteiger partial charge in [0, 0.05) is 10.3 Å². The van der Waals surface area contributed by atoms with Crippen LogP contribution >= 0.6 is 46.3 Å². The number of nitrogens with zero attached hydrogens (tertiary/aromatic N) is 4. The molecule has 1 aliphatic rings. The number of rotatable bonds is 5. The largest absolute Gasteiger partial charge is 0.394 e. The second-order valence-corrected chi connectivity index (χ2v) is 9.25. The van der Waals surface area contributed by atoms with Gasteiger partial charge in [0.1, 0.15) is 41.2 Å². The highest BCUT2D eigenvalue weighted by atomic mass is 35.5. The van der Waals surface area contributed by atoms with Gasteiger partial charge in [0.05, 0.1) is 22.8 Å². The van der Waals surface area contributed by atoms with E-state index in [1.165, 1.54) is 16.3 Å². The number of aliphatic hydroxyl groups excluding tert-OH is 3. The van der Waals surface area contributed by atoms with Gasteiger partial charge in [-0.05, 0) is 18.2 Å². The molecule has 0 aliphatic carbocycles. The molecule has 3 aromatic rings. The lowest BCUT2D eigenvalue weighted by Crippen LogP contribution is -2.55. The number of hydrogen-bond acceptors (Lipinski definition) is 9. The second-order valence-electron chi connectivity index (χ2n) is 6.46. The summed E-state index contributed by atoms with van der Waals surface area (Å²) < 4.78 is 20.2. The van der Waals surface area contributed by atoms with Crippen molar-refractivity contribution >= 4 is 46.3 Å². The Morgan fingerprint density at radius 2 is 2.00 bits per heavy atom. The van der Waals surface area contributed by atoms with Gasteiger partial charge in [0.15, 0.2) is 0 Å². The zero-order valence-corrected chi connectivity index (χ0v) is 18.1. The predicted molar refractivity (Wildman–Crippen MR) is 110 cm³/mol. The molecule has 3 heterocycles. The van der Waals surface area contributed by atoms with E-state index < -0.39 is 41.7 Å². The average molecular weight is 493 g/mol. The quantitative estimate of drug-likeness (QED) is 0.497. The van der Waals surface area contributed by atoms with Crippen LogP contribution in [0.3, 0.4) is 0 Å². The van der Waals surface area contributed by atoms with Gasteiger partial charge in [-0.2, -0.15) is 4.39 Å². The highest BCUT2D eigenvalue weighted by Gasteiger charge is 2.46. The van der Waals surface area contributed by atoms with Crippen molar-refractivity contribution in [2.45, 2.75) is 34.7 Å². The molecule has 30 heavy (non-hydrogen) atoms. The van der Waals surface area contributed by atoms with Crippen molar-refractivity contribution in [3.63, 3.8) is 0 Å². The molecule has 0 spiro atoms. The van der Waals surface area contributed by atoms with E-state index in [1.54, 1.807) is 18.2 Å². The van der Waals surface area contributed by atoms with Crippen LogP contribution in [-0.2, 0) is 4.74 Å². The molecule has 1 saturated heterocycles. The number of hydrogen-bond donors (Lipinski definition) is 3. The monoisotopic (exact) mass is 492 g/mol. The van der Waals surface area contributed by atoms with Gasteiger partial charge in [-0.1, -0.05) is 51.5 Å². The van der Waals surface area contributed by atoms with Crippen molar-refractivity contribution < 1.29 is 24.4 Å². The molecule has 4 rings (SSSR count). The molecule has 1 aromatic carbocycles. The van der Waals surface area contributed by atoms with E-state index in [1.807, 2.05) is 0 Å². The number of benzene rings is 1. The summed E-state index contributed by atoms with van der Waals surface area (Å²) >= 11 is 14.0. The van der Waals surface area contributed by atoms with Crippen LogP contribution in [0.2, 0.25) is 10.0 Å². The van der Waals surface area contributed by atoms with Gasteiger partial charge in [-0.3, -0.25) is 0 Å². The van der Waals surface area contributed by atoms with Crippen molar-refractivity contribution in [3.05, 3.63) is 45.1 Å². The predicted octanol–water partition coefficient (Wildman–Crippen LogP) is 2.62. The van der Waals surface area contributed by atoms with Crippen molar-refractivity contribution in [2.75, 3.05) is 6.61 Å². The highest BCUT2D eigenvalue weighted by Crippen LogP contribution is 2.39. The van der Waals surface area contributed by atoms with E-state index in [9.17, 15) is 19.7 Å². The topological polar surface area (TPSA) is 114 Å². The normalized spacial score (nSPS) is 26.8. The first kappa shape index (κ1) is 21.9. The minimum absolute atomic E-state index is 0.287. The number of aromatic nitrogens is 4. The minimum atomic E-state index is -1.27. The Balaban J connectivity index is 1.61. The van der Waals surface area contributed by atoms with Crippen LogP contribution in [0.15, 0.2) is 34.7 Å². The second kappa shape index (κ2) is 9.05. The Hall–Kier alpha value is -1.31. The summed E-state index contributed by atoms with van der Waals surface area (Å²) in [6, 6.07) is 3.99. The first-order valence-corrected chi connectivity index (χ1v) is 11.2. The third-order valence-corrected chi connectivity index (χ3v) is 7.06. The fraction of sp³-hybridized carbons (Fsp3) is 0.353. The van der Waals surface area contributed by atoms with E-state index in [2.05, 4.69) is 15.3 Å². The zero-order chi connectivity index (χ0) is 21.4. The van der Waals surface area contributed by atoms with Gasteiger partial charge in [0.25, 0.3) is 5.26 Å². The summed E-state index contributed by atoms with van der Waals surface area (Å²) in [4.78, 5) is 4.39. The van der Waals surface area contributed by atoms with E-state index >= 15 is 0 Å². The van der Waals surface area contributed by atoms with Crippen LogP contribution in [0.1, 0.15) is 6.04 Å². The van der Waals surface area contributed by atoms with Crippen molar-refractivity contribution in [2.24, 2.45) is 0 Å². The van der Waals surface area contributed by atoms with E-state index in [0.29, 0.717) is 20.6 Å². The molecule has 2 unspecified atom stereocenters. The zero-order valence-electron chi connectivity index (χ0n) is 15.0. The maximum absolute atomic E-state index is 13.2. The van der Waals surface area contributed by atoms with Gasteiger partial charge < -0.3 is 20.1 Å². The van der Waals surface area contributed by atoms with Gasteiger partial charge in [-0.15, -0.1) is 5.10 Å². The molecule has 0 amide bonds. The van der Waals surface area contributed by atoms with E-state index in [4.69, 9.17) is 27.9 Å². The summed E-state index contributed by atoms with van der Waals surface area (Å²) in [6.07, 6.45) is -2.00. The summed E-state index contributed by atoms with van der Waals surface area (Å²) in [7, 11) is 0. The standard InChI is InChI=1S/C17H15Cl2FN4O4S2/c18-8-2-1-7(3-9(8)19)30-16-15(27)13(14(26)12(5-25)28-16)24-4-10(22-23-24)11-6-29-17(20)21-11/h1-4,6,12-16,25-27H,5H2/t12?,13?,14-,15-,16+/m0/s1. The third-order valence-electron chi connectivity index (χ3n) is 4.55. The molecule has 160 valence electrons. The molecular weight excluding hydrogens is 478 g/mol. The lowest BCUT2D eigenvalue weighted by Gasteiger charge is -2.41. The molecule has 3 N–H and O–H groups in total. The molecular formula is C17H15Cl2FN4O4S2. The van der Waals surface area contributed by atoms with Gasteiger partial charge >= 0.3 is 0 Å². The number of halogens is 3. The van der Waals surface area contributed by atoms with Gasteiger partial charge in [0.2, 0.25) is 0 Å². The number of ether oxygens (including phenoxy) is 1. The average Bonchev–Trinajstić information content (AvgIpc) is 3.36. The van der Waals surface area contributed by atoms with Crippen LogP contribution in [0, 0.1) is 5.26 Å². The molecule has 13 heteroatoms. The Bertz CT molecular complexity index is 1040. The van der Waals surface area contributed by atoms with Gasteiger partial charge in [-0.25, -0.2) is 9.67 Å². The highest BCUT2D eigenvalue weighted by molar-refractivity contribution is 7.99. The Morgan fingerprint density at radius 1 is 1.20 bits per heavy atom. The lowest BCUT2D eigenvalue weighted by molar-refractivity contribution is -0.178. The Morgan fingerprint density at radius 3 is 2.67 bits per heavy atom. The van der Waals surface area contributed by atoms with E-state index in [0.717, 1.165) is 23.1 Å². The number of thiazole rings is 1. The number of thioether (sulfide) groups is 1. The SMILES string of the molecule is OCC1O[C@H](Sc2ccc(Cl)c(Cl)c2)[C@@H](O)C(n2cc(-c3csc(F)n3)nn2)[C@H]1O. The Kier molecular flexibility index (Phi) is 6.61. The molecule has 0 radical (unpaired) electrons. The van der Waals surface area contributed by atoms with Crippen LogP contribution in [0.5, 0.6) is 0 Å². The molecule has 0 bridgehead atoms. The fourth-order valence-electron chi connectivity index (χ4n) is 3.07. The molecule has 1 aliphatic heterocycles. The van der Waals surface area contributed by atoms with E-state index in [-0.39, 0.29) is 5.69 Å². The summed E-state index contributed by atoms with van der Waals surface area (Å²) in [6.45, 7) is -0.471. The summed E-state index contributed by atoms with van der Waals surface area (Å²) in [5, 5.41) is 40.8. The van der Waals surface area contributed by atoms with Crippen molar-refractivity contribution in [1.82, 2.24) is 20.0 Å². The first-order valence-electron chi connectivity index (χ1n) is 8.64. The minimum Gasteiger partial charge on any atom is -0.394 e. The lowest BCUT2D eigenvalue weighted by atomic mass is 9.97. The molecule has 8 nitrogen and oxygen atoms in total. The van der Waals surface area contributed by atoms with Crippen LogP contribution in [0.4, 0.5) is 4.39 Å². The molecule has 1 fully saturated rings. The summed E-state index contributed by atoms with van der Waals surface area (Å²) in [5.41, 5.74) is -0.271. The van der Waals surface area contributed by atoms with Crippen LogP contribution < -0.4 is 0 Å². The maximum Gasteiger partial charge on any atom is 0.269 e. The summed E-state index contributed by atoms with van der Waals surface area (Å²) in [5.74, 6) is 0.